The Balaban J connectivity index is -0.000000271. The Morgan fingerprint density at radius 1 is 0.435 bits per heavy atom. The van der Waals surface area contributed by atoms with Crippen molar-refractivity contribution < 1.29 is 65.7 Å². The minimum atomic E-state index is -7.72. The quantitative estimate of drug-likeness (QED) is 0.109. The first kappa shape index (κ1) is 52.5. The summed E-state index contributed by atoms with van der Waals surface area (Å²) in [5.74, 6) is -14.9. The van der Waals surface area contributed by atoms with Gasteiger partial charge >= 0.3 is 51.7 Å². The smallest absolute Gasteiger partial charge is 0.662 e. The van der Waals surface area contributed by atoms with Crippen molar-refractivity contribution >= 4 is 13.3 Å². The second kappa shape index (κ2) is 25.6. The molecule has 0 N–H and O–H groups in total. The van der Waals surface area contributed by atoms with E-state index in [1.54, 1.807) is 0 Å². The zero-order chi connectivity index (χ0) is 36.2. The summed E-state index contributed by atoms with van der Waals surface area (Å²) in [5, 5.41) is 11.4. The number of hydrogen-bond acceptors (Lipinski definition) is 0. The summed E-state index contributed by atoms with van der Waals surface area (Å²) in [4.78, 5) is 0. The van der Waals surface area contributed by atoms with Gasteiger partial charge in [-0.15, -0.1) is 44.5 Å². The molecule has 0 saturated carbocycles. The summed E-state index contributed by atoms with van der Waals surface area (Å²) >= 11 is 0. The Labute approximate surface area is 293 Å². The van der Waals surface area contributed by atoms with Crippen LogP contribution in [0.2, 0.25) is 0 Å². The third-order valence-corrected chi connectivity index (χ3v) is 9.09. The molecule has 0 spiro atoms. The molecular weight excluding hydrogens is 717 g/mol. The van der Waals surface area contributed by atoms with Gasteiger partial charge in [-0.1, -0.05) is 119 Å². The minimum absolute atomic E-state index is 0. The van der Waals surface area contributed by atoms with Crippen molar-refractivity contribution in [1.82, 2.24) is 0 Å². The monoisotopic (exact) mass is 773 g/mol. The summed E-state index contributed by atoms with van der Waals surface area (Å²) in [6, 6.07) is 1.84. The fourth-order valence-electron chi connectivity index (χ4n) is 3.37. The van der Waals surface area contributed by atoms with Crippen LogP contribution in [0.3, 0.4) is 0 Å². The predicted octanol–water partition coefficient (Wildman–Crippen LogP) is 11.4. The molecule has 1 aromatic carbocycles. The van der Waals surface area contributed by atoms with Crippen LogP contribution in [0.25, 0.3) is 16.0 Å². The molecule has 46 heavy (non-hydrogen) atoms. The van der Waals surface area contributed by atoms with Gasteiger partial charge in [0.1, 0.15) is 0 Å². The van der Waals surface area contributed by atoms with Crippen LogP contribution < -0.4 is 5.19 Å². The van der Waals surface area contributed by atoms with E-state index in [9.17, 15) is 39.5 Å². The zero-order valence-corrected chi connectivity index (χ0v) is 33.2. The first-order valence-electron chi connectivity index (χ1n) is 15.6. The maximum atomic E-state index is 12.6. The van der Waals surface area contributed by atoms with Gasteiger partial charge in [-0.25, -0.2) is 12.1 Å². The molecule has 0 unspecified atom stereocenters. The Hall–Kier alpha value is -0.300. The van der Waals surface area contributed by atoms with Gasteiger partial charge < -0.3 is 16.0 Å². The van der Waals surface area contributed by atoms with Crippen molar-refractivity contribution in [3.05, 3.63) is 40.2 Å². The maximum Gasteiger partial charge on any atom is 4.00 e. The fourth-order valence-corrected chi connectivity index (χ4v) is 6.01. The van der Waals surface area contributed by atoms with Gasteiger partial charge in [0.15, 0.2) is 0 Å². The standard InChI is InChI=1S/C8H4F9Si.3C8H18N.Zr/c9-6(10,11)18(7(12,13)14,8(15,16)17)5-3-1-2-4-5;3*1-7(2)5-9-6-8(3)4;/h1-4H;3*7-8H,5-6H2,1-4H3;/q4*-1;+4. The number of hydrogen-bond donors (Lipinski definition) is 0. The fraction of sp³-hybridized carbons (Fsp3) is 0.844. The first-order valence-corrected chi connectivity index (χ1v) is 17.6. The SMILES string of the molecule is CC(C)C[N-]CC(C)C.CC(C)C[N-]CC(C)C.CC(C)C[N-]CC(C)C.FC(F)(F)[Si]([c-]1cccc1)(C(F)(F)F)C(F)(F)F.[Zr+4]. The predicted molar refractivity (Wildman–Crippen MR) is 174 cm³/mol. The Kier molecular flexibility index (Phi) is 29.3. The Morgan fingerprint density at radius 3 is 0.739 bits per heavy atom. The molecular formula is C32H58F9N3SiZr. The van der Waals surface area contributed by atoms with Crippen LogP contribution in [0.1, 0.15) is 83.1 Å². The number of alkyl halides is 9. The molecule has 0 aliphatic rings. The molecule has 0 fully saturated rings. The van der Waals surface area contributed by atoms with Gasteiger partial charge in [0.05, 0.1) is 0 Å². The molecule has 1 rings (SSSR count). The van der Waals surface area contributed by atoms with E-state index >= 15 is 0 Å². The average molecular weight is 775 g/mol. The van der Waals surface area contributed by atoms with Gasteiger partial charge in [0.25, 0.3) is 0 Å². The Morgan fingerprint density at radius 2 is 0.609 bits per heavy atom. The first-order chi connectivity index (χ1) is 20.2. The van der Waals surface area contributed by atoms with Crippen molar-refractivity contribution in [2.75, 3.05) is 39.3 Å². The molecule has 272 valence electrons. The molecule has 0 bridgehead atoms. The van der Waals surface area contributed by atoms with Crippen LogP contribution in [0.4, 0.5) is 39.5 Å². The van der Waals surface area contributed by atoms with E-state index < -0.39 is 30.7 Å². The topological polar surface area (TPSA) is 42.3 Å². The van der Waals surface area contributed by atoms with Crippen molar-refractivity contribution in [1.29, 1.82) is 0 Å². The molecule has 0 aliphatic heterocycles. The zero-order valence-electron chi connectivity index (χ0n) is 29.8. The molecule has 0 radical (unpaired) electrons. The van der Waals surface area contributed by atoms with Crippen LogP contribution in [-0.2, 0) is 26.2 Å². The van der Waals surface area contributed by atoms with Gasteiger partial charge in [0, 0.05) is 0 Å². The summed E-state index contributed by atoms with van der Waals surface area (Å²) in [6.45, 7) is 32.5. The molecule has 0 aliphatic carbocycles. The number of halogens is 9. The van der Waals surface area contributed by atoms with E-state index in [2.05, 4.69) is 99.0 Å². The normalized spacial score (nSPS) is 12.5. The van der Waals surface area contributed by atoms with Crippen LogP contribution in [0.15, 0.2) is 24.3 Å². The van der Waals surface area contributed by atoms with E-state index in [4.69, 9.17) is 0 Å². The van der Waals surface area contributed by atoms with E-state index in [0.717, 1.165) is 74.8 Å². The second-order valence-corrected chi connectivity index (χ2v) is 17.3. The molecule has 0 heterocycles. The largest absolute Gasteiger partial charge is 4.00 e. The molecule has 0 aromatic heterocycles. The van der Waals surface area contributed by atoms with E-state index in [-0.39, 0.29) is 38.3 Å². The molecule has 3 nitrogen and oxygen atoms in total. The van der Waals surface area contributed by atoms with Crippen molar-refractivity contribution in [3.63, 3.8) is 0 Å². The maximum absolute atomic E-state index is 12.6. The second-order valence-electron chi connectivity index (χ2n) is 13.5. The summed E-state index contributed by atoms with van der Waals surface area (Å²) in [5.41, 5.74) is 0. The number of nitrogens with zero attached hydrogens (tertiary/aromatic N) is 3. The molecule has 1 aromatic rings. The summed E-state index contributed by atoms with van der Waals surface area (Å²) < 4.78 is 113. The van der Waals surface area contributed by atoms with E-state index in [0.29, 0.717) is 12.1 Å². The Bertz CT molecular complexity index is 704. The van der Waals surface area contributed by atoms with Crippen LogP contribution in [-0.4, -0.2) is 64.7 Å². The third-order valence-electron chi connectivity index (χ3n) is 5.34. The minimum Gasteiger partial charge on any atom is -0.662 e. The molecule has 0 amide bonds. The molecule has 14 heteroatoms. The van der Waals surface area contributed by atoms with Crippen molar-refractivity contribution in [3.8, 4) is 0 Å². The van der Waals surface area contributed by atoms with Crippen LogP contribution in [0.5, 0.6) is 0 Å². The molecule has 0 saturated heterocycles. The number of rotatable bonds is 13. The summed E-state index contributed by atoms with van der Waals surface area (Å²) in [7, 11) is -7.72. The van der Waals surface area contributed by atoms with Crippen molar-refractivity contribution in [2.24, 2.45) is 35.5 Å². The third kappa shape index (κ3) is 23.9. The molecule has 0 atom stereocenters. The van der Waals surface area contributed by atoms with Gasteiger partial charge in [-0.05, 0) is 0 Å². The van der Waals surface area contributed by atoms with Crippen molar-refractivity contribution in [2.45, 2.75) is 100 Å². The van der Waals surface area contributed by atoms with Gasteiger partial charge in [0.2, 0.25) is 0 Å². The van der Waals surface area contributed by atoms with E-state index in [1.165, 1.54) is 0 Å². The average Bonchev–Trinajstić information content (AvgIpc) is 3.30. The summed E-state index contributed by atoms with van der Waals surface area (Å²) in [6.07, 6.45) is 0. The van der Waals surface area contributed by atoms with Gasteiger partial charge in [-0.2, -0.15) is 51.6 Å². The van der Waals surface area contributed by atoms with Crippen LogP contribution in [0, 0.1) is 35.5 Å². The van der Waals surface area contributed by atoms with Crippen LogP contribution >= 0.6 is 0 Å². The van der Waals surface area contributed by atoms with E-state index in [1.807, 2.05) is 0 Å². The van der Waals surface area contributed by atoms with Gasteiger partial charge in [-0.3, -0.25) is 0 Å².